The van der Waals surface area contributed by atoms with E-state index in [9.17, 15) is 14.3 Å². The number of carbonyl (C=O) groups excluding carboxylic acids is 1. The Morgan fingerprint density at radius 3 is 1.00 bits per heavy atom. The van der Waals surface area contributed by atoms with Crippen molar-refractivity contribution in [3.05, 3.63) is 0 Å². The second-order valence-corrected chi connectivity index (χ2v) is 22.8. The monoisotopic (exact) mass is 958 g/mol. The highest BCUT2D eigenvalue weighted by atomic mass is 31.2. The SMILES string of the molecule is CCCCCCCCCCCCCCCCCCCCCCCCCCCOCC(COP(=O)([O-])OCC[N+](C)(C)C)OC(=O)CCCCCCCCCCCCCCCCCCCCC. The molecule has 0 amide bonds. The largest absolute Gasteiger partial charge is 0.756 e. The topological polar surface area (TPSA) is 94.1 Å². The number of carbonyl (C=O) groups is 1. The molecule has 0 N–H and O–H groups in total. The Labute approximate surface area is 412 Å². The fraction of sp³-hybridized carbons (Fsp3) is 0.982. The molecule has 0 fully saturated rings. The summed E-state index contributed by atoms with van der Waals surface area (Å²) in [6.45, 7) is 5.51. The van der Waals surface area contributed by atoms with Gasteiger partial charge in [0.05, 0.1) is 34.4 Å². The lowest BCUT2D eigenvalue weighted by atomic mass is 10.0. The number of hydrogen-bond acceptors (Lipinski definition) is 7. The molecule has 2 atom stereocenters. The number of unbranched alkanes of at least 4 members (excludes halogenated alkanes) is 42. The van der Waals surface area contributed by atoms with Crippen molar-refractivity contribution in [2.24, 2.45) is 0 Å². The summed E-state index contributed by atoms with van der Waals surface area (Å²) in [6.07, 6.45) is 58.6. The van der Waals surface area contributed by atoms with Crippen molar-refractivity contribution in [2.75, 3.05) is 54.1 Å². The fourth-order valence-corrected chi connectivity index (χ4v) is 9.63. The molecule has 9 heteroatoms. The smallest absolute Gasteiger partial charge is 0.306 e. The van der Waals surface area contributed by atoms with Crippen LogP contribution in [0.4, 0.5) is 0 Å². The standard InChI is InChI=1S/C57H116NO7P/c1-6-8-10-12-14-16-18-20-22-24-26-27-28-29-30-31-33-35-37-39-41-43-45-47-49-52-62-54-56(55-64-66(60,61)63-53-51-58(3,4)5)65-57(59)50-48-46-44-42-40-38-36-34-32-25-23-21-19-17-15-13-11-9-7-2/h56H,6-55H2,1-5H3. The predicted molar refractivity (Wildman–Crippen MR) is 282 cm³/mol. The molecule has 0 aromatic heterocycles. The number of phosphoric acid groups is 1. The van der Waals surface area contributed by atoms with Crippen molar-refractivity contribution >= 4 is 13.8 Å². The summed E-state index contributed by atoms with van der Waals surface area (Å²) in [5.74, 6) is -0.323. The number of likely N-dealkylation sites (N-methyl/N-ethyl adjacent to an activating group) is 1. The van der Waals surface area contributed by atoms with Gasteiger partial charge in [0.1, 0.15) is 19.3 Å². The maximum atomic E-state index is 12.8. The molecule has 0 heterocycles. The summed E-state index contributed by atoms with van der Waals surface area (Å²) in [4.78, 5) is 25.2. The Hall–Kier alpha value is -0.500. The first-order chi connectivity index (χ1) is 32.1. The van der Waals surface area contributed by atoms with Crippen LogP contribution >= 0.6 is 7.82 Å². The lowest BCUT2D eigenvalue weighted by Gasteiger charge is -2.28. The molecule has 2 unspecified atom stereocenters. The maximum Gasteiger partial charge on any atom is 0.306 e. The zero-order valence-electron chi connectivity index (χ0n) is 45.2. The van der Waals surface area contributed by atoms with E-state index in [1.807, 2.05) is 21.1 Å². The zero-order chi connectivity index (χ0) is 48.3. The van der Waals surface area contributed by atoms with Crippen molar-refractivity contribution in [2.45, 2.75) is 309 Å². The van der Waals surface area contributed by atoms with Crippen LogP contribution in [0.25, 0.3) is 0 Å². The van der Waals surface area contributed by atoms with Crippen LogP contribution in [-0.2, 0) is 27.9 Å². The van der Waals surface area contributed by atoms with E-state index in [0.717, 1.165) is 32.1 Å². The van der Waals surface area contributed by atoms with Gasteiger partial charge in [-0.25, -0.2) is 0 Å². The van der Waals surface area contributed by atoms with Crippen LogP contribution in [-0.4, -0.2) is 70.7 Å². The summed E-state index contributed by atoms with van der Waals surface area (Å²) in [5, 5.41) is 0. The molecular weight excluding hydrogens is 842 g/mol. The molecule has 0 aliphatic rings. The van der Waals surface area contributed by atoms with E-state index in [4.69, 9.17) is 18.5 Å². The molecule has 0 saturated carbocycles. The van der Waals surface area contributed by atoms with E-state index in [0.29, 0.717) is 24.1 Å². The Kier molecular flexibility index (Phi) is 50.5. The second kappa shape index (κ2) is 50.9. The molecule has 0 radical (unpaired) electrons. The quantitative estimate of drug-likeness (QED) is 0.0259. The molecular formula is C57H116NO7P. The van der Waals surface area contributed by atoms with E-state index < -0.39 is 13.9 Å². The van der Waals surface area contributed by atoms with Crippen molar-refractivity contribution in [1.29, 1.82) is 0 Å². The lowest BCUT2D eigenvalue weighted by molar-refractivity contribution is -0.870. The molecule has 0 aromatic rings. The molecule has 0 aromatic carbocycles. The molecule has 0 saturated heterocycles. The van der Waals surface area contributed by atoms with Gasteiger partial charge in [-0.1, -0.05) is 284 Å². The molecule has 0 aliphatic heterocycles. The van der Waals surface area contributed by atoms with Crippen LogP contribution in [0.3, 0.4) is 0 Å². The van der Waals surface area contributed by atoms with Crippen LogP contribution in [0.15, 0.2) is 0 Å². The molecule has 0 spiro atoms. The van der Waals surface area contributed by atoms with E-state index in [-0.39, 0.29) is 25.8 Å². The third-order valence-corrected chi connectivity index (χ3v) is 14.4. The number of esters is 1. The van der Waals surface area contributed by atoms with Crippen molar-refractivity contribution in [3.63, 3.8) is 0 Å². The zero-order valence-corrected chi connectivity index (χ0v) is 46.1. The highest BCUT2D eigenvalue weighted by Crippen LogP contribution is 2.38. The molecule has 0 bridgehead atoms. The van der Waals surface area contributed by atoms with E-state index in [1.54, 1.807) is 0 Å². The van der Waals surface area contributed by atoms with E-state index >= 15 is 0 Å². The van der Waals surface area contributed by atoms with Crippen LogP contribution < -0.4 is 4.89 Å². The third kappa shape index (κ3) is 54.4. The van der Waals surface area contributed by atoms with Crippen molar-refractivity contribution in [3.8, 4) is 0 Å². The maximum absolute atomic E-state index is 12.8. The van der Waals surface area contributed by atoms with Gasteiger partial charge in [0.2, 0.25) is 0 Å². The van der Waals surface area contributed by atoms with Gasteiger partial charge >= 0.3 is 5.97 Å². The number of hydrogen-bond donors (Lipinski definition) is 0. The van der Waals surface area contributed by atoms with Gasteiger partial charge in [-0.05, 0) is 12.8 Å². The first kappa shape index (κ1) is 65.5. The Morgan fingerprint density at radius 1 is 0.409 bits per heavy atom. The third-order valence-electron chi connectivity index (χ3n) is 13.4. The van der Waals surface area contributed by atoms with Crippen LogP contribution in [0.1, 0.15) is 303 Å². The summed E-state index contributed by atoms with van der Waals surface area (Å²) < 4.78 is 34.9. The molecule has 8 nitrogen and oxygen atoms in total. The Bertz CT molecular complexity index is 1020. The fourth-order valence-electron chi connectivity index (χ4n) is 8.90. The van der Waals surface area contributed by atoms with Gasteiger partial charge in [0.25, 0.3) is 7.82 Å². The average Bonchev–Trinajstić information content (AvgIpc) is 3.28. The summed E-state index contributed by atoms with van der Waals surface area (Å²) >= 11 is 0. The van der Waals surface area contributed by atoms with Crippen LogP contribution in [0, 0.1) is 0 Å². The molecule has 66 heavy (non-hydrogen) atoms. The Balaban J connectivity index is 3.98. The first-order valence-electron chi connectivity index (χ1n) is 29.3. The van der Waals surface area contributed by atoms with E-state index in [2.05, 4.69) is 13.8 Å². The highest BCUT2D eigenvalue weighted by molar-refractivity contribution is 7.45. The van der Waals surface area contributed by atoms with Gasteiger partial charge in [-0.3, -0.25) is 9.36 Å². The second-order valence-electron chi connectivity index (χ2n) is 21.4. The number of rotatable bonds is 56. The average molecular weight is 959 g/mol. The van der Waals surface area contributed by atoms with Crippen molar-refractivity contribution in [1.82, 2.24) is 0 Å². The number of ether oxygens (including phenoxy) is 2. The van der Waals surface area contributed by atoms with Gasteiger partial charge in [-0.2, -0.15) is 0 Å². The minimum Gasteiger partial charge on any atom is -0.756 e. The van der Waals surface area contributed by atoms with Gasteiger partial charge in [0.15, 0.2) is 0 Å². The summed E-state index contributed by atoms with van der Waals surface area (Å²) in [7, 11) is 1.38. The molecule has 0 aliphatic carbocycles. The summed E-state index contributed by atoms with van der Waals surface area (Å²) in [5.41, 5.74) is 0. The number of quaternary nitrogens is 1. The Morgan fingerprint density at radius 2 is 0.697 bits per heavy atom. The first-order valence-corrected chi connectivity index (χ1v) is 30.7. The van der Waals surface area contributed by atoms with E-state index in [1.165, 1.54) is 250 Å². The van der Waals surface area contributed by atoms with Crippen LogP contribution in [0.5, 0.6) is 0 Å². The predicted octanol–water partition coefficient (Wildman–Crippen LogP) is 17.7. The number of nitrogens with zero attached hydrogens (tertiary/aromatic N) is 1. The van der Waals surface area contributed by atoms with Gasteiger partial charge < -0.3 is 27.9 Å². The molecule has 0 rings (SSSR count). The van der Waals surface area contributed by atoms with Gasteiger partial charge in [-0.15, -0.1) is 0 Å². The minimum atomic E-state index is -4.53. The lowest BCUT2D eigenvalue weighted by Crippen LogP contribution is -2.37. The number of phosphoric ester groups is 1. The van der Waals surface area contributed by atoms with Crippen molar-refractivity contribution < 1.29 is 37.3 Å². The highest BCUT2D eigenvalue weighted by Gasteiger charge is 2.20. The van der Waals surface area contributed by atoms with Gasteiger partial charge in [0, 0.05) is 13.0 Å². The van der Waals surface area contributed by atoms with Crippen LogP contribution in [0.2, 0.25) is 0 Å². The minimum absolute atomic E-state index is 0.0320. The molecule has 396 valence electrons. The normalized spacial score (nSPS) is 13.4. The summed E-state index contributed by atoms with van der Waals surface area (Å²) in [6, 6.07) is 0.